The maximum absolute atomic E-state index is 12.8. The predicted octanol–water partition coefficient (Wildman–Crippen LogP) is 3.70. The summed E-state index contributed by atoms with van der Waals surface area (Å²) in [5, 5.41) is 7.47. The van der Waals surface area contributed by atoms with E-state index in [-0.39, 0.29) is 11.8 Å². The highest BCUT2D eigenvalue weighted by Crippen LogP contribution is 2.16. The van der Waals surface area contributed by atoms with E-state index < -0.39 is 0 Å². The SMILES string of the molecule is O=C(NCc1nccc2ccccc12)Nc1ccc(F)cc1. The topological polar surface area (TPSA) is 54.0 Å². The van der Waals surface area contributed by atoms with Gasteiger partial charge in [0, 0.05) is 17.3 Å². The number of benzene rings is 2. The Morgan fingerprint density at radius 2 is 1.82 bits per heavy atom. The smallest absolute Gasteiger partial charge is 0.319 e. The van der Waals surface area contributed by atoms with Crippen molar-refractivity contribution in [2.24, 2.45) is 0 Å². The van der Waals surface area contributed by atoms with Crippen LogP contribution >= 0.6 is 0 Å². The Labute approximate surface area is 127 Å². The highest BCUT2D eigenvalue weighted by molar-refractivity contribution is 5.90. The Kier molecular flexibility index (Phi) is 3.96. The van der Waals surface area contributed by atoms with Crippen LogP contribution in [0, 0.1) is 5.82 Å². The standard InChI is InChI=1S/C17H14FN3O/c18-13-5-7-14(8-6-13)21-17(22)20-11-16-15-4-2-1-3-12(15)9-10-19-16/h1-10H,11H2,(H2,20,21,22). The summed E-state index contributed by atoms with van der Waals surface area (Å²) in [7, 11) is 0. The number of hydrogen-bond donors (Lipinski definition) is 2. The van der Waals surface area contributed by atoms with Crippen LogP contribution in [0.2, 0.25) is 0 Å². The van der Waals surface area contributed by atoms with Gasteiger partial charge in [0.05, 0.1) is 12.2 Å². The molecule has 0 aliphatic heterocycles. The van der Waals surface area contributed by atoms with Crippen molar-refractivity contribution in [3.8, 4) is 0 Å². The fraction of sp³-hybridized carbons (Fsp3) is 0.0588. The van der Waals surface area contributed by atoms with Crippen LogP contribution < -0.4 is 10.6 Å². The first-order valence-electron chi connectivity index (χ1n) is 6.85. The minimum absolute atomic E-state index is 0.314. The second kappa shape index (κ2) is 6.22. The van der Waals surface area contributed by atoms with E-state index in [0.29, 0.717) is 12.2 Å². The molecule has 110 valence electrons. The summed E-state index contributed by atoms with van der Waals surface area (Å²) < 4.78 is 12.8. The number of nitrogens with one attached hydrogen (secondary N) is 2. The van der Waals surface area contributed by atoms with Gasteiger partial charge in [0.1, 0.15) is 5.82 Å². The molecule has 2 aromatic carbocycles. The molecule has 0 fully saturated rings. The number of pyridine rings is 1. The molecule has 5 heteroatoms. The third-order valence-electron chi connectivity index (χ3n) is 3.27. The molecule has 2 amide bonds. The second-order valence-electron chi connectivity index (χ2n) is 4.79. The number of hydrogen-bond acceptors (Lipinski definition) is 2. The fourth-order valence-electron chi connectivity index (χ4n) is 2.20. The van der Waals surface area contributed by atoms with E-state index in [1.165, 1.54) is 24.3 Å². The van der Waals surface area contributed by atoms with E-state index in [1.54, 1.807) is 6.20 Å². The number of carbonyl (C=O) groups excluding carboxylic acids is 1. The molecule has 1 aromatic heterocycles. The highest BCUT2D eigenvalue weighted by atomic mass is 19.1. The van der Waals surface area contributed by atoms with Crippen molar-refractivity contribution >= 4 is 22.5 Å². The van der Waals surface area contributed by atoms with E-state index in [0.717, 1.165) is 16.5 Å². The average molecular weight is 295 g/mol. The zero-order chi connectivity index (χ0) is 15.4. The van der Waals surface area contributed by atoms with Crippen molar-refractivity contribution in [2.45, 2.75) is 6.54 Å². The van der Waals surface area contributed by atoms with Gasteiger partial charge < -0.3 is 10.6 Å². The molecule has 0 aliphatic carbocycles. The molecule has 1 heterocycles. The van der Waals surface area contributed by atoms with Gasteiger partial charge in [-0.3, -0.25) is 4.98 Å². The van der Waals surface area contributed by atoms with E-state index in [1.807, 2.05) is 30.3 Å². The number of rotatable bonds is 3. The number of nitrogens with zero attached hydrogens (tertiary/aromatic N) is 1. The van der Waals surface area contributed by atoms with Gasteiger partial charge in [-0.25, -0.2) is 9.18 Å². The molecule has 0 aliphatic rings. The maximum atomic E-state index is 12.8. The summed E-state index contributed by atoms with van der Waals surface area (Å²) in [5.41, 5.74) is 1.33. The Hall–Kier alpha value is -2.95. The van der Waals surface area contributed by atoms with E-state index in [4.69, 9.17) is 0 Å². The molecule has 0 radical (unpaired) electrons. The minimum Gasteiger partial charge on any atom is -0.332 e. The molecule has 22 heavy (non-hydrogen) atoms. The molecule has 0 atom stereocenters. The first-order valence-corrected chi connectivity index (χ1v) is 6.85. The Morgan fingerprint density at radius 3 is 2.64 bits per heavy atom. The molecule has 0 saturated carbocycles. The number of carbonyl (C=O) groups is 1. The minimum atomic E-state index is -0.360. The quantitative estimate of drug-likeness (QED) is 0.774. The monoisotopic (exact) mass is 295 g/mol. The van der Waals surface area contributed by atoms with Gasteiger partial charge in [-0.15, -0.1) is 0 Å². The Morgan fingerprint density at radius 1 is 1.05 bits per heavy atom. The van der Waals surface area contributed by atoms with Crippen molar-refractivity contribution in [1.82, 2.24) is 10.3 Å². The molecule has 0 saturated heterocycles. The zero-order valence-corrected chi connectivity index (χ0v) is 11.7. The van der Waals surface area contributed by atoms with Gasteiger partial charge >= 0.3 is 6.03 Å². The van der Waals surface area contributed by atoms with E-state index >= 15 is 0 Å². The van der Waals surface area contributed by atoms with Crippen LogP contribution in [-0.4, -0.2) is 11.0 Å². The van der Waals surface area contributed by atoms with Crippen LogP contribution in [0.4, 0.5) is 14.9 Å². The van der Waals surface area contributed by atoms with Gasteiger partial charge in [-0.05, 0) is 35.7 Å². The Bertz CT molecular complexity index is 797. The van der Waals surface area contributed by atoms with Crippen LogP contribution in [0.25, 0.3) is 10.8 Å². The number of anilines is 1. The summed E-state index contributed by atoms with van der Waals surface area (Å²) in [6.07, 6.45) is 1.72. The molecule has 3 rings (SSSR count). The van der Waals surface area contributed by atoms with E-state index in [9.17, 15) is 9.18 Å². The van der Waals surface area contributed by atoms with Gasteiger partial charge in [0.2, 0.25) is 0 Å². The summed E-state index contributed by atoms with van der Waals surface area (Å²) in [6, 6.07) is 15.0. The molecule has 0 bridgehead atoms. The Balaban J connectivity index is 1.66. The molecular weight excluding hydrogens is 281 g/mol. The van der Waals surface area contributed by atoms with Crippen LogP contribution in [0.15, 0.2) is 60.8 Å². The summed E-state index contributed by atoms with van der Waals surface area (Å²) in [6.45, 7) is 0.314. The van der Waals surface area contributed by atoms with Crippen molar-refractivity contribution in [3.63, 3.8) is 0 Å². The summed E-state index contributed by atoms with van der Waals surface area (Å²) in [5.74, 6) is -0.342. The largest absolute Gasteiger partial charge is 0.332 e. The molecule has 0 unspecified atom stereocenters. The predicted molar refractivity (Wildman–Crippen MR) is 84.0 cm³/mol. The zero-order valence-electron chi connectivity index (χ0n) is 11.7. The third kappa shape index (κ3) is 3.20. The normalized spacial score (nSPS) is 10.4. The highest BCUT2D eigenvalue weighted by Gasteiger charge is 2.05. The number of urea groups is 1. The van der Waals surface area contributed by atoms with Gasteiger partial charge in [0.25, 0.3) is 0 Å². The third-order valence-corrected chi connectivity index (χ3v) is 3.27. The van der Waals surface area contributed by atoms with Crippen molar-refractivity contribution in [3.05, 3.63) is 72.3 Å². The lowest BCUT2D eigenvalue weighted by Gasteiger charge is -2.09. The summed E-state index contributed by atoms with van der Waals surface area (Å²) >= 11 is 0. The number of fused-ring (bicyclic) bond motifs is 1. The lowest BCUT2D eigenvalue weighted by atomic mass is 10.1. The molecule has 0 spiro atoms. The van der Waals surface area contributed by atoms with Crippen molar-refractivity contribution < 1.29 is 9.18 Å². The van der Waals surface area contributed by atoms with E-state index in [2.05, 4.69) is 15.6 Å². The molecule has 3 aromatic rings. The number of aromatic nitrogens is 1. The number of halogens is 1. The van der Waals surface area contributed by atoms with Crippen LogP contribution in [0.1, 0.15) is 5.69 Å². The fourth-order valence-corrected chi connectivity index (χ4v) is 2.20. The lowest BCUT2D eigenvalue weighted by molar-refractivity contribution is 0.251. The maximum Gasteiger partial charge on any atom is 0.319 e. The van der Waals surface area contributed by atoms with Crippen LogP contribution in [0.3, 0.4) is 0 Å². The second-order valence-corrected chi connectivity index (χ2v) is 4.79. The van der Waals surface area contributed by atoms with Crippen molar-refractivity contribution in [1.29, 1.82) is 0 Å². The average Bonchev–Trinajstić information content (AvgIpc) is 2.55. The lowest BCUT2D eigenvalue weighted by Crippen LogP contribution is -2.28. The first kappa shape index (κ1) is 14.0. The molecular formula is C17H14FN3O. The molecule has 2 N–H and O–H groups in total. The first-order chi connectivity index (χ1) is 10.7. The molecule has 4 nitrogen and oxygen atoms in total. The van der Waals surface area contributed by atoms with Crippen LogP contribution in [0.5, 0.6) is 0 Å². The van der Waals surface area contributed by atoms with Gasteiger partial charge in [0.15, 0.2) is 0 Å². The van der Waals surface area contributed by atoms with Crippen molar-refractivity contribution in [2.75, 3.05) is 5.32 Å². The number of amides is 2. The summed E-state index contributed by atoms with van der Waals surface area (Å²) in [4.78, 5) is 16.2. The van der Waals surface area contributed by atoms with Gasteiger partial charge in [-0.1, -0.05) is 24.3 Å². The van der Waals surface area contributed by atoms with Crippen LogP contribution in [-0.2, 0) is 6.54 Å². The van der Waals surface area contributed by atoms with Gasteiger partial charge in [-0.2, -0.15) is 0 Å².